The monoisotopic (exact) mass is 195 g/mol. The smallest absolute Gasteiger partial charge is 0.253 e. The highest BCUT2D eigenvalue weighted by molar-refractivity contribution is 6.63. The van der Waals surface area contributed by atoms with E-state index in [9.17, 15) is 4.79 Å². The molecule has 0 radical (unpaired) electrons. The van der Waals surface area contributed by atoms with Gasteiger partial charge in [0, 0.05) is 0 Å². The number of halogens is 1. The van der Waals surface area contributed by atoms with E-state index in [4.69, 9.17) is 11.6 Å². The average molecular weight is 196 g/mol. The lowest BCUT2D eigenvalue weighted by Crippen LogP contribution is -2.03. The third-order valence-electron chi connectivity index (χ3n) is 1.85. The van der Waals surface area contributed by atoms with Crippen LogP contribution >= 0.6 is 11.6 Å². The molecule has 0 bridgehead atoms. The molecule has 0 amide bonds. The molecule has 0 atom stereocenters. The maximum absolute atomic E-state index is 10.9. The molecule has 0 unspecified atom stereocenters. The first-order valence-corrected chi connectivity index (χ1v) is 4.09. The van der Waals surface area contributed by atoms with E-state index in [2.05, 4.69) is 10.3 Å². The predicted molar refractivity (Wildman–Crippen MR) is 48.9 cm³/mol. The lowest BCUT2D eigenvalue weighted by molar-refractivity contribution is 0.259. The summed E-state index contributed by atoms with van der Waals surface area (Å²) in [6.07, 6.45) is 0. The Hall–Kier alpha value is -1.42. The summed E-state index contributed by atoms with van der Waals surface area (Å²) in [4.78, 5) is 10.9. The summed E-state index contributed by atoms with van der Waals surface area (Å²) in [6, 6.07) is 5.49. The van der Waals surface area contributed by atoms with Crippen molar-refractivity contribution in [2.75, 3.05) is 0 Å². The number of carbonyl (C=O) groups is 1. The van der Waals surface area contributed by atoms with Gasteiger partial charge in [-0.2, -0.15) is 4.68 Å². The number of carbonyl (C=O) groups excluding carboxylic acids is 1. The number of aromatic nitrogens is 3. The molecule has 0 saturated heterocycles. The summed E-state index contributed by atoms with van der Waals surface area (Å²) in [5.74, 6) is 0. The fourth-order valence-corrected chi connectivity index (χ4v) is 1.34. The number of nitrogens with zero attached hydrogens (tertiary/aromatic N) is 3. The van der Waals surface area contributed by atoms with Crippen molar-refractivity contribution in [2.24, 2.45) is 0 Å². The van der Waals surface area contributed by atoms with Crippen LogP contribution in [0.4, 0.5) is 4.79 Å². The van der Waals surface area contributed by atoms with Crippen LogP contribution in [0.25, 0.3) is 11.0 Å². The van der Waals surface area contributed by atoms with Gasteiger partial charge in [0.05, 0.1) is 5.52 Å². The van der Waals surface area contributed by atoms with Crippen molar-refractivity contribution in [3.05, 3.63) is 23.8 Å². The molecule has 0 aliphatic heterocycles. The van der Waals surface area contributed by atoms with Crippen molar-refractivity contribution >= 4 is 28.0 Å². The molecule has 4 nitrogen and oxygen atoms in total. The molecule has 2 rings (SSSR count). The van der Waals surface area contributed by atoms with E-state index in [0.29, 0.717) is 11.0 Å². The van der Waals surface area contributed by atoms with Crippen LogP contribution < -0.4 is 0 Å². The molecule has 1 aromatic heterocycles. The molecule has 0 saturated carbocycles. The largest absolute Gasteiger partial charge is 0.342 e. The van der Waals surface area contributed by atoms with Crippen molar-refractivity contribution in [1.29, 1.82) is 0 Å². The first kappa shape index (κ1) is 8.19. The minimum Gasteiger partial charge on any atom is -0.253 e. The summed E-state index contributed by atoms with van der Waals surface area (Å²) in [5.41, 5.74) is 2.32. The molecular weight excluding hydrogens is 190 g/mol. The van der Waals surface area contributed by atoms with Gasteiger partial charge in [-0.15, -0.1) is 5.10 Å². The number of benzene rings is 1. The number of fused-ring (bicyclic) bond motifs is 1. The maximum atomic E-state index is 10.9. The Balaban J connectivity index is 2.83. The predicted octanol–water partition coefficient (Wildman–Crippen LogP) is 1.95. The van der Waals surface area contributed by atoms with E-state index < -0.39 is 5.37 Å². The topological polar surface area (TPSA) is 47.8 Å². The van der Waals surface area contributed by atoms with Gasteiger partial charge >= 0.3 is 5.37 Å². The van der Waals surface area contributed by atoms with Crippen LogP contribution in [-0.2, 0) is 0 Å². The third kappa shape index (κ3) is 1.19. The lowest BCUT2D eigenvalue weighted by atomic mass is 10.2. The van der Waals surface area contributed by atoms with Crippen LogP contribution in [-0.4, -0.2) is 20.4 Å². The molecule has 13 heavy (non-hydrogen) atoms. The summed E-state index contributed by atoms with van der Waals surface area (Å²) >= 11 is 5.30. The van der Waals surface area contributed by atoms with E-state index >= 15 is 0 Å². The molecule has 0 aliphatic rings. The zero-order valence-electron chi connectivity index (χ0n) is 6.86. The summed E-state index contributed by atoms with van der Waals surface area (Å²) < 4.78 is 1.07. The minimum absolute atomic E-state index is 0.639. The minimum atomic E-state index is -0.645. The number of aryl methyl sites for hydroxylation is 1. The quantitative estimate of drug-likeness (QED) is 0.604. The molecule has 2 aromatic rings. The second kappa shape index (κ2) is 2.81. The fourth-order valence-electron chi connectivity index (χ4n) is 1.21. The van der Waals surface area contributed by atoms with E-state index in [-0.39, 0.29) is 0 Å². The molecule has 5 heteroatoms. The Morgan fingerprint density at radius 3 is 3.00 bits per heavy atom. The van der Waals surface area contributed by atoms with Crippen molar-refractivity contribution in [3.8, 4) is 0 Å². The fraction of sp³-hybridized carbons (Fsp3) is 0.125. The first-order chi connectivity index (χ1) is 6.20. The van der Waals surface area contributed by atoms with Crippen molar-refractivity contribution in [3.63, 3.8) is 0 Å². The Morgan fingerprint density at radius 1 is 1.54 bits per heavy atom. The standard InChI is InChI=1S/C8H6ClN3O/c1-5-3-2-4-6-7(5)10-11-12(6)8(9)13/h2-4H,1H3. The summed E-state index contributed by atoms with van der Waals surface area (Å²) in [7, 11) is 0. The van der Waals surface area contributed by atoms with Crippen LogP contribution in [0.5, 0.6) is 0 Å². The molecule has 1 aromatic carbocycles. The normalized spacial score (nSPS) is 10.6. The Bertz CT molecular complexity index is 477. The summed E-state index contributed by atoms with van der Waals surface area (Å²) in [6.45, 7) is 1.90. The molecule has 1 heterocycles. The van der Waals surface area contributed by atoms with Crippen molar-refractivity contribution in [2.45, 2.75) is 6.92 Å². The van der Waals surface area contributed by atoms with E-state index in [1.807, 2.05) is 19.1 Å². The SMILES string of the molecule is Cc1cccc2c1nnn2C(=O)Cl. The highest BCUT2D eigenvalue weighted by Gasteiger charge is 2.09. The molecule has 0 N–H and O–H groups in total. The van der Waals surface area contributed by atoms with Crippen molar-refractivity contribution in [1.82, 2.24) is 15.0 Å². The van der Waals surface area contributed by atoms with Crippen molar-refractivity contribution < 1.29 is 4.79 Å². The second-order valence-corrected chi connectivity index (χ2v) is 3.02. The van der Waals surface area contributed by atoms with E-state index in [1.54, 1.807) is 6.07 Å². The van der Waals surface area contributed by atoms with E-state index in [1.165, 1.54) is 0 Å². The zero-order chi connectivity index (χ0) is 9.42. The van der Waals surface area contributed by atoms with Gasteiger partial charge in [0.1, 0.15) is 5.52 Å². The Labute approximate surface area is 79.1 Å². The van der Waals surface area contributed by atoms with Gasteiger partial charge in [0.25, 0.3) is 0 Å². The van der Waals surface area contributed by atoms with Crippen LogP contribution in [0.15, 0.2) is 18.2 Å². The van der Waals surface area contributed by atoms with Gasteiger partial charge in [0.15, 0.2) is 0 Å². The van der Waals surface area contributed by atoms with Crippen LogP contribution in [0.2, 0.25) is 0 Å². The molecular formula is C8H6ClN3O. The van der Waals surface area contributed by atoms with Crippen LogP contribution in [0.3, 0.4) is 0 Å². The zero-order valence-corrected chi connectivity index (χ0v) is 7.62. The third-order valence-corrected chi connectivity index (χ3v) is 2.01. The first-order valence-electron chi connectivity index (χ1n) is 3.71. The van der Waals surface area contributed by atoms with Crippen LogP contribution in [0, 0.1) is 6.92 Å². The molecule has 0 aliphatic carbocycles. The average Bonchev–Trinajstić information content (AvgIpc) is 2.48. The highest BCUT2D eigenvalue weighted by atomic mass is 35.5. The van der Waals surface area contributed by atoms with Gasteiger partial charge in [-0.05, 0) is 30.2 Å². The molecule has 66 valence electrons. The van der Waals surface area contributed by atoms with Crippen LogP contribution in [0.1, 0.15) is 5.56 Å². The lowest BCUT2D eigenvalue weighted by Gasteiger charge is -1.93. The van der Waals surface area contributed by atoms with E-state index in [0.717, 1.165) is 10.2 Å². The Morgan fingerprint density at radius 2 is 2.31 bits per heavy atom. The maximum Gasteiger partial charge on any atom is 0.342 e. The summed E-state index contributed by atoms with van der Waals surface area (Å²) in [5, 5.41) is 6.84. The van der Waals surface area contributed by atoms with Gasteiger partial charge in [-0.25, -0.2) is 0 Å². The Kier molecular flexibility index (Phi) is 1.77. The molecule has 0 fully saturated rings. The molecule has 0 spiro atoms. The van der Waals surface area contributed by atoms with Gasteiger partial charge in [0.2, 0.25) is 0 Å². The number of hydrogen-bond acceptors (Lipinski definition) is 3. The highest BCUT2D eigenvalue weighted by Crippen LogP contribution is 2.15. The number of rotatable bonds is 0. The van der Waals surface area contributed by atoms with Gasteiger partial charge < -0.3 is 0 Å². The second-order valence-electron chi connectivity index (χ2n) is 2.70. The van der Waals surface area contributed by atoms with Gasteiger partial charge in [-0.1, -0.05) is 17.3 Å². The van der Waals surface area contributed by atoms with Gasteiger partial charge in [-0.3, -0.25) is 4.79 Å². The number of hydrogen-bond donors (Lipinski definition) is 0.